The number of carbonyl (C=O) groups excluding carboxylic acids is 1. The summed E-state index contributed by atoms with van der Waals surface area (Å²) < 4.78 is 2.15. The molecule has 3 rings (SSSR count). The molecule has 0 bridgehead atoms. The third-order valence-electron chi connectivity index (χ3n) is 3.91. The molecular formula is C15H21N5OS. The van der Waals surface area contributed by atoms with Gasteiger partial charge in [-0.1, -0.05) is 12.5 Å². The number of hydrogen-bond donors (Lipinski definition) is 2. The molecule has 0 aromatic carbocycles. The Morgan fingerprint density at radius 1 is 1.41 bits per heavy atom. The second kappa shape index (κ2) is 6.91. The quantitative estimate of drug-likeness (QED) is 0.910. The van der Waals surface area contributed by atoms with Crippen molar-refractivity contribution in [1.29, 1.82) is 0 Å². The number of amides is 2. The molecule has 0 unspecified atom stereocenters. The van der Waals surface area contributed by atoms with E-state index in [4.69, 9.17) is 0 Å². The summed E-state index contributed by atoms with van der Waals surface area (Å²) in [6.45, 7) is 3.34. The Morgan fingerprint density at radius 3 is 3.14 bits per heavy atom. The smallest absolute Gasteiger partial charge is 0.315 e. The van der Waals surface area contributed by atoms with Gasteiger partial charge in [0.1, 0.15) is 5.82 Å². The summed E-state index contributed by atoms with van der Waals surface area (Å²) in [5.74, 6) is 1.89. The Labute approximate surface area is 133 Å². The van der Waals surface area contributed by atoms with Crippen LogP contribution in [0.5, 0.6) is 0 Å². The average molecular weight is 319 g/mol. The van der Waals surface area contributed by atoms with E-state index in [2.05, 4.69) is 25.4 Å². The van der Waals surface area contributed by atoms with E-state index in [0.717, 1.165) is 35.9 Å². The maximum atomic E-state index is 12.0. The maximum Gasteiger partial charge on any atom is 0.315 e. The molecule has 3 heterocycles. The fraction of sp³-hybridized carbons (Fsp3) is 0.533. The molecule has 118 valence electrons. The van der Waals surface area contributed by atoms with Gasteiger partial charge in [0.2, 0.25) is 0 Å². The molecule has 2 aromatic rings. The van der Waals surface area contributed by atoms with E-state index in [1.165, 1.54) is 12.8 Å². The number of fused-ring (bicyclic) bond motifs is 1. The van der Waals surface area contributed by atoms with Crippen LogP contribution in [0.1, 0.15) is 48.8 Å². The topological polar surface area (TPSA) is 71.8 Å². The van der Waals surface area contributed by atoms with E-state index in [0.29, 0.717) is 6.54 Å². The lowest BCUT2D eigenvalue weighted by Gasteiger charge is -2.13. The van der Waals surface area contributed by atoms with Gasteiger partial charge in [0.05, 0.1) is 12.6 Å². The van der Waals surface area contributed by atoms with Gasteiger partial charge in [-0.2, -0.15) is 0 Å². The molecule has 0 saturated heterocycles. The summed E-state index contributed by atoms with van der Waals surface area (Å²) in [5.41, 5.74) is 0. The summed E-state index contributed by atoms with van der Waals surface area (Å²) in [4.78, 5) is 13.1. The second-order valence-electron chi connectivity index (χ2n) is 5.56. The molecule has 0 radical (unpaired) electrons. The standard InChI is InChI=1S/C15H21N5OS/c1-11(12-6-5-9-22-12)17-15(21)16-10-14-19-18-13-7-3-2-4-8-20(13)14/h5-6,9,11H,2-4,7-8,10H2,1H3,(H2,16,17,21)/t11-/m0/s1. The molecule has 1 atom stereocenters. The normalized spacial score (nSPS) is 15.7. The highest BCUT2D eigenvalue weighted by atomic mass is 32.1. The third-order valence-corrected chi connectivity index (χ3v) is 4.97. The van der Waals surface area contributed by atoms with Gasteiger partial charge in [0.15, 0.2) is 5.82 Å². The maximum absolute atomic E-state index is 12.0. The van der Waals surface area contributed by atoms with E-state index in [1.54, 1.807) is 11.3 Å². The number of nitrogens with one attached hydrogen (secondary N) is 2. The van der Waals surface area contributed by atoms with Crippen LogP contribution in [0, 0.1) is 0 Å². The molecule has 1 aliphatic rings. The van der Waals surface area contributed by atoms with E-state index in [-0.39, 0.29) is 12.1 Å². The molecule has 6 nitrogen and oxygen atoms in total. The minimum Gasteiger partial charge on any atom is -0.331 e. The molecule has 1 aliphatic heterocycles. The number of urea groups is 1. The van der Waals surface area contributed by atoms with Crippen LogP contribution < -0.4 is 10.6 Å². The first kappa shape index (κ1) is 15.0. The lowest BCUT2D eigenvalue weighted by Crippen LogP contribution is -2.37. The van der Waals surface area contributed by atoms with Crippen molar-refractivity contribution < 1.29 is 4.79 Å². The fourth-order valence-corrected chi connectivity index (χ4v) is 3.43. The Hall–Kier alpha value is -1.89. The number of thiophene rings is 1. The summed E-state index contributed by atoms with van der Waals surface area (Å²) in [6.07, 6.45) is 4.54. The zero-order valence-electron chi connectivity index (χ0n) is 12.7. The minimum absolute atomic E-state index is 0.00974. The number of rotatable bonds is 4. The molecule has 2 aromatic heterocycles. The summed E-state index contributed by atoms with van der Waals surface area (Å²) in [5, 5.41) is 16.3. The third kappa shape index (κ3) is 3.47. The Morgan fingerprint density at radius 2 is 2.32 bits per heavy atom. The van der Waals surface area contributed by atoms with E-state index >= 15 is 0 Å². The number of hydrogen-bond acceptors (Lipinski definition) is 4. The minimum atomic E-state index is -0.174. The SMILES string of the molecule is C[C@H](NC(=O)NCc1nnc2n1CCCCC2)c1cccs1. The number of carbonyl (C=O) groups is 1. The number of aryl methyl sites for hydroxylation is 1. The monoisotopic (exact) mass is 319 g/mol. The largest absolute Gasteiger partial charge is 0.331 e. The van der Waals surface area contributed by atoms with E-state index in [1.807, 2.05) is 24.4 Å². The lowest BCUT2D eigenvalue weighted by atomic mass is 10.2. The van der Waals surface area contributed by atoms with Crippen LogP contribution >= 0.6 is 11.3 Å². The van der Waals surface area contributed by atoms with Crippen LogP contribution in [0.4, 0.5) is 4.79 Å². The first-order chi connectivity index (χ1) is 10.7. The van der Waals surface area contributed by atoms with E-state index < -0.39 is 0 Å². The van der Waals surface area contributed by atoms with Gasteiger partial charge in [-0.25, -0.2) is 4.79 Å². The molecule has 22 heavy (non-hydrogen) atoms. The van der Waals surface area contributed by atoms with Crippen LogP contribution in [-0.2, 0) is 19.5 Å². The van der Waals surface area contributed by atoms with Crippen molar-refractivity contribution in [2.75, 3.05) is 0 Å². The molecule has 7 heteroatoms. The molecule has 0 saturated carbocycles. The molecule has 2 N–H and O–H groups in total. The van der Waals surface area contributed by atoms with Gasteiger partial charge >= 0.3 is 6.03 Å². The highest BCUT2D eigenvalue weighted by molar-refractivity contribution is 7.10. The molecule has 0 spiro atoms. The number of nitrogens with zero attached hydrogens (tertiary/aromatic N) is 3. The predicted molar refractivity (Wildman–Crippen MR) is 85.7 cm³/mol. The fourth-order valence-electron chi connectivity index (χ4n) is 2.69. The Balaban J connectivity index is 1.54. The summed E-state index contributed by atoms with van der Waals surface area (Å²) >= 11 is 1.64. The summed E-state index contributed by atoms with van der Waals surface area (Å²) in [6, 6.07) is 3.85. The van der Waals surface area contributed by atoms with Crippen molar-refractivity contribution >= 4 is 17.4 Å². The second-order valence-corrected chi connectivity index (χ2v) is 6.54. The van der Waals surface area contributed by atoms with Gasteiger partial charge in [-0.15, -0.1) is 21.5 Å². The van der Waals surface area contributed by atoms with Gasteiger partial charge in [0.25, 0.3) is 0 Å². The van der Waals surface area contributed by atoms with Gasteiger partial charge in [0, 0.05) is 17.8 Å². The van der Waals surface area contributed by atoms with Crippen molar-refractivity contribution in [3.05, 3.63) is 34.0 Å². The zero-order valence-corrected chi connectivity index (χ0v) is 13.5. The molecule has 2 amide bonds. The van der Waals surface area contributed by atoms with Gasteiger partial charge < -0.3 is 15.2 Å². The van der Waals surface area contributed by atoms with Crippen molar-refractivity contribution in [3.8, 4) is 0 Å². The van der Waals surface area contributed by atoms with Crippen LogP contribution in [0.15, 0.2) is 17.5 Å². The Bertz CT molecular complexity index is 622. The first-order valence-electron chi connectivity index (χ1n) is 7.73. The van der Waals surface area contributed by atoms with Crippen LogP contribution in [0.3, 0.4) is 0 Å². The molecular weight excluding hydrogens is 298 g/mol. The van der Waals surface area contributed by atoms with Crippen LogP contribution in [-0.4, -0.2) is 20.8 Å². The van der Waals surface area contributed by atoms with E-state index in [9.17, 15) is 4.79 Å². The van der Waals surface area contributed by atoms with Crippen LogP contribution in [0.2, 0.25) is 0 Å². The first-order valence-corrected chi connectivity index (χ1v) is 8.60. The Kier molecular flexibility index (Phi) is 4.72. The molecule has 0 fully saturated rings. The highest BCUT2D eigenvalue weighted by Gasteiger charge is 2.16. The summed E-state index contributed by atoms with van der Waals surface area (Å²) in [7, 11) is 0. The molecule has 0 aliphatic carbocycles. The van der Waals surface area contributed by atoms with Crippen molar-refractivity contribution in [2.24, 2.45) is 0 Å². The van der Waals surface area contributed by atoms with Gasteiger partial charge in [-0.05, 0) is 31.2 Å². The van der Waals surface area contributed by atoms with Crippen molar-refractivity contribution in [1.82, 2.24) is 25.4 Å². The zero-order chi connectivity index (χ0) is 15.4. The van der Waals surface area contributed by atoms with Crippen molar-refractivity contribution in [2.45, 2.75) is 51.7 Å². The highest BCUT2D eigenvalue weighted by Crippen LogP contribution is 2.18. The van der Waals surface area contributed by atoms with Crippen molar-refractivity contribution in [3.63, 3.8) is 0 Å². The van der Waals surface area contributed by atoms with Crippen LogP contribution in [0.25, 0.3) is 0 Å². The average Bonchev–Trinajstić information content (AvgIpc) is 3.11. The predicted octanol–water partition coefficient (Wildman–Crippen LogP) is 2.63. The van der Waals surface area contributed by atoms with Gasteiger partial charge in [-0.3, -0.25) is 0 Å². The lowest BCUT2D eigenvalue weighted by molar-refractivity contribution is 0.237. The number of aromatic nitrogens is 3.